The lowest BCUT2D eigenvalue weighted by Crippen LogP contribution is -2.47. The van der Waals surface area contributed by atoms with Gasteiger partial charge in [-0.25, -0.2) is 4.79 Å². The fraction of sp³-hybridized carbons (Fsp3) is 0.843. The Labute approximate surface area is 368 Å². The van der Waals surface area contributed by atoms with E-state index in [2.05, 4.69) is 48.8 Å². The van der Waals surface area contributed by atoms with Gasteiger partial charge in [0, 0.05) is 12.8 Å². The minimum Gasteiger partial charge on any atom is -0.480 e. The van der Waals surface area contributed by atoms with Gasteiger partial charge in [0.1, 0.15) is 12.1 Å². The SMILES string of the molecule is CCCCCCC/C=C\C/C=C\CCCC(CCCCCCCC(=O)NCC(=O)NC(CO)C(=O)O)OC(=O)CCCCCCCCCCCCCCCCCCCCC. The molecule has 9 heteroatoms. The second-order valence-corrected chi connectivity index (χ2v) is 17.3. The number of aliphatic hydroxyl groups is 1. The predicted molar refractivity (Wildman–Crippen MR) is 250 cm³/mol. The number of carbonyl (C=O) groups is 4. The number of ether oxygens (including phenoxy) is 1. The molecule has 0 bridgehead atoms. The topological polar surface area (TPSA) is 142 Å². The van der Waals surface area contributed by atoms with Crippen LogP contribution in [0.1, 0.15) is 251 Å². The Bertz CT molecular complexity index is 1060. The number of aliphatic hydroxyl groups excluding tert-OH is 1. The number of aliphatic carboxylic acids is 1. The standard InChI is InChI=1S/C51H94N2O7/c1-3-5-7-9-11-13-15-17-18-19-20-21-22-24-26-28-30-35-39-43-50(57)60-46(40-36-32-29-27-25-23-16-14-12-10-8-6-4-2)41-37-33-31-34-38-42-48(55)52-44-49(56)53-47(45-54)51(58)59/h16,23,27,29,46-47,54H,3-15,17-22,24-26,28,30-45H2,1-2H3,(H,52,55)(H,53,56)(H,58,59)/b23-16-,29-27-. The molecule has 0 aromatic heterocycles. The number of esters is 1. The van der Waals surface area contributed by atoms with Gasteiger partial charge < -0.3 is 25.6 Å². The lowest BCUT2D eigenvalue weighted by molar-refractivity contribution is -0.150. The minimum atomic E-state index is -1.38. The summed E-state index contributed by atoms with van der Waals surface area (Å²) >= 11 is 0. The largest absolute Gasteiger partial charge is 0.480 e. The molecule has 4 N–H and O–H groups in total. The van der Waals surface area contributed by atoms with E-state index in [4.69, 9.17) is 14.9 Å². The Morgan fingerprint density at radius 3 is 1.40 bits per heavy atom. The molecule has 0 radical (unpaired) electrons. The molecule has 0 aliphatic heterocycles. The smallest absolute Gasteiger partial charge is 0.328 e. The Morgan fingerprint density at radius 2 is 0.917 bits per heavy atom. The third-order valence-corrected chi connectivity index (χ3v) is 11.5. The van der Waals surface area contributed by atoms with Gasteiger partial charge in [-0.05, 0) is 64.2 Å². The van der Waals surface area contributed by atoms with Crippen LogP contribution in [-0.2, 0) is 23.9 Å². The lowest BCUT2D eigenvalue weighted by atomic mass is 10.0. The van der Waals surface area contributed by atoms with Crippen molar-refractivity contribution in [2.75, 3.05) is 13.2 Å². The van der Waals surface area contributed by atoms with Crippen LogP contribution in [0.5, 0.6) is 0 Å². The van der Waals surface area contributed by atoms with Gasteiger partial charge in [0.15, 0.2) is 0 Å². The highest BCUT2D eigenvalue weighted by Gasteiger charge is 2.19. The van der Waals surface area contributed by atoms with Gasteiger partial charge in [-0.3, -0.25) is 14.4 Å². The molecule has 2 amide bonds. The number of nitrogens with one attached hydrogen (secondary N) is 2. The maximum atomic E-state index is 12.9. The Balaban J connectivity index is 4.28. The Hall–Kier alpha value is -2.68. The zero-order chi connectivity index (χ0) is 44.0. The number of hydrogen-bond donors (Lipinski definition) is 4. The van der Waals surface area contributed by atoms with E-state index in [1.165, 1.54) is 148 Å². The van der Waals surface area contributed by atoms with Crippen LogP contribution in [0.25, 0.3) is 0 Å². The highest BCUT2D eigenvalue weighted by atomic mass is 16.5. The van der Waals surface area contributed by atoms with Gasteiger partial charge in [0.05, 0.1) is 13.2 Å². The van der Waals surface area contributed by atoms with Gasteiger partial charge in [-0.1, -0.05) is 199 Å². The summed E-state index contributed by atoms with van der Waals surface area (Å²) in [6.45, 7) is 3.49. The van der Waals surface area contributed by atoms with Gasteiger partial charge >= 0.3 is 11.9 Å². The molecule has 60 heavy (non-hydrogen) atoms. The first-order valence-electron chi connectivity index (χ1n) is 25.2. The van der Waals surface area contributed by atoms with Crippen molar-refractivity contribution in [2.45, 2.75) is 264 Å². The van der Waals surface area contributed by atoms with Crippen molar-refractivity contribution in [3.8, 4) is 0 Å². The highest BCUT2D eigenvalue weighted by molar-refractivity contribution is 5.87. The number of allylic oxidation sites excluding steroid dienone is 4. The van der Waals surface area contributed by atoms with Crippen LogP contribution in [0, 0.1) is 0 Å². The van der Waals surface area contributed by atoms with Gasteiger partial charge in [0.2, 0.25) is 11.8 Å². The molecule has 0 saturated carbocycles. The summed E-state index contributed by atoms with van der Waals surface area (Å²) in [6, 6.07) is -1.38. The van der Waals surface area contributed by atoms with E-state index < -0.39 is 24.5 Å². The summed E-state index contributed by atoms with van der Waals surface area (Å²) in [5.41, 5.74) is 0. The number of carbonyl (C=O) groups excluding carboxylic acids is 3. The molecule has 0 aliphatic carbocycles. The van der Waals surface area contributed by atoms with Crippen molar-refractivity contribution in [3.05, 3.63) is 24.3 Å². The predicted octanol–water partition coefficient (Wildman–Crippen LogP) is 13.2. The van der Waals surface area contributed by atoms with E-state index in [-0.39, 0.29) is 30.9 Å². The van der Waals surface area contributed by atoms with Crippen molar-refractivity contribution >= 4 is 23.8 Å². The molecule has 0 spiro atoms. The van der Waals surface area contributed by atoms with Gasteiger partial charge in [-0.2, -0.15) is 0 Å². The summed E-state index contributed by atoms with van der Waals surface area (Å²) in [6.07, 6.45) is 52.2. The van der Waals surface area contributed by atoms with Crippen LogP contribution >= 0.6 is 0 Å². The summed E-state index contributed by atoms with van der Waals surface area (Å²) in [5.74, 6) is -2.31. The van der Waals surface area contributed by atoms with Crippen LogP contribution in [-0.4, -0.2) is 59.3 Å². The Kier molecular flexibility index (Phi) is 43.8. The molecule has 0 rings (SSSR count). The molecule has 0 aromatic rings. The van der Waals surface area contributed by atoms with E-state index in [1.807, 2.05) is 0 Å². The number of carboxylic acid groups (broad SMARTS) is 1. The second kappa shape index (κ2) is 45.8. The van der Waals surface area contributed by atoms with E-state index in [0.717, 1.165) is 70.6 Å². The first kappa shape index (κ1) is 57.3. The summed E-state index contributed by atoms with van der Waals surface area (Å²) in [4.78, 5) is 47.7. The van der Waals surface area contributed by atoms with Gasteiger partial charge in [0.25, 0.3) is 0 Å². The van der Waals surface area contributed by atoms with E-state index in [9.17, 15) is 19.2 Å². The monoisotopic (exact) mass is 847 g/mol. The van der Waals surface area contributed by atoms with Crippen molar-refractivity contribution < 1.29 is 34.1 Å². The molecule has 0 saturated heterocycles. The molecule has 0 fully saturated rings. The average Bonchev–Trinajstić information content (AvgIpc) is 3.23. The summed E-state index contributed by atoms with van der Waals surface area (Å²) < 4.78 is 6.04. The molecule has 350 valence electrons. The molecule has 0 heterocycles. The van der Waals surface area contributed by atoms with E-state index in [1.54, 1.807) is 0 Å². The van der Waals surface area contributed by atoms with Crippen LogP contribution < -0.4 is 10.6 Å². The van der Waals surface area contributed by atoms with Crippen LogP contribution in [0.15, 0.2) is 24.3 Å². The number of amides is 2. The van der Waals surface area contributed by atoms with Crippen molar-refractivity contribution in [1.82, 2.24) is 10.6 Å². The third kappa shape index (κ3) is 42.0. The number of rotatable bonds is 46. The first-order valence-corrected chi connectivity index (χ1v) is 25.2. The zero-order valence-electron chi connectivity index (χ0n) is 39.0. The molecular formula is C51H94N2O7. The molecule has 2 unspecified atom stereocenters. The van der Waals surface area contributed by atoms with E-state index in [0.29, 0.717) is 12.8 Å². The zero-order valence-corrected chi connectivity index (χ0v) is 39.0. The fourth-order valence-electron chi connectivity index (χ4n) is 7.58. The third-order valence-electron chi connectivity index (χ3n) is 11.5. The normalized spacial score (nSPS) is 12.6. The Morgan fingerprint density at radius 1 is 0.500 bits per heavy atom. The summed E-state index contributed by atoms with van der Waals surface area (Å²) in [7, 11) is 0. The molecule has 0 aliphatic rings. The molecule has 0 aromatic carbocycles. The number of hydrogen-bond acceptors (Lipinski definition) is 6. The average molecular weight is 847 g/mol. The van der Waals surface area contributed by atoms with Crippen LogP contribution in [0.3, 0.4) is 0 Å². The van der Waals surface area contributed by atoms with Crippen molar-refractivity contribution in [1.29, 1.82) is 0 Å². The van der Waals surface area contributed by atoms with Crippen LogP contribution in [0.2, 0.25) is 0 Å². The fourth-order valence-corrected chi connectivity index (χ4v) is 7.58. The molecular weight excluding hydrogens is 753 g/mol. The maximum Gasteiger partial charge on any atom is 0.328 e. The maximum absolute atomic E-state index is 12.9. The minimum absolute atomic E-state index is 0.0534. The molecule has 9 nitrogen and oxygen atoms in total. The summed E-state index contributed by atoms with van der Waals surface area (Å²) in [5, 5.41) is 22.6. The van der Waals surface area contributed by atoms with Crippen molar-refractivity contribution in [3.63, 3.8) is 0 Å². The quantitative estimate of drug-likeness (QED) is 0.0271. The van der Waals surface area contributed by atoms with Gasteiger partial charge in [-0.15, -0.1) is 0 Å². The van der Waals surface area contributed by atoms with Crippen LogP contribution in [0.4, 0.5) is 0 Å². The first-order chi connectivity index (χ1) is 29.3. The van der Waals surface area contributed by atoms with Crippen molar-refractivity contribution in [2.24, 2.45) is 0 Å². The van der Waals surface area contributed by atoms with E-state index >= 15 is 0 Å². The number of carboxylic acids is 1. The highest BCUT2D eigenvalue weighted by Crippen LogP contribution is 2.18. The number of unbranched alkanes of at least 4 members (excludes halogenated alkanes) is 28. The second-order valence-electron chi connectivity index (χ2n) is 17.3. The lowest BCUT2D eigenvalue weighted by Gasteiger charge is -2.18. The molecule has 2 atom stereocenters.